The Balaban J connectivity index is 1.57. The Morgan fingerprint density at radius 3 is 2.11 bits per heavy atom. The molecule has 0 aromatic rings. The zero-order valence-electron chi connectivity index (χ0n) is 28.0. The lowest BCUT2D eigenvalue weighted by Gasteiger charge is -2.64. The highest BCUT2D eigenvalue weighted by Crippen LogP contribution is 2.69. The minimum Gasteiger partial charge on any atom is -0.465 e. The highest BCUT2D eigenvalue weighted by atomic mass is 16.6. The number of ether oxygens (including phenoxy) is 5. The van der Waals surface area contributed by atoms with Crippen LogP contribution in [0.3, 0.4) is 0 Å². The van der Waals surface area contributed by atoms with Gasteiger partial charge in [0.05, 0.1) is 13.2 Å². The third kappa shape index (κ3) is 6.36. The van der Waals surface area contributed by atoms with Crippen LogP contribution in [-0.4, -0.2) is 62.9 Å². The van der Waals surface area contributed by atoms with E-state index in [4.69, 9.17) is 23.7 Å². The molecule has 0 spiro atoms. The Morgan fingerprint density at radius 2 is 1.51 bits per heavy atom. The number of fused-ring (bicyclic) bond motifs is 5. The van der Waals surface area contributed by atoms with E-state index in [1.165, 1.54) is 0 Å². The average Bonchev–Trinajstić information content (AvgIpc) is 3.36. The number of hydrogen-bond donors (Lipinski definition) is 0. The zero-order chi connectivity index (χ0) is 33.0. The van der Waals surface area contributed by atoms with Gasteiger partial charge in [-0.3, -0.25) is 24.0 Å². The maximum absolute atomic E-state index is 12.8. The summed E-state index contributed by atoms with van der Waals surface area (Å²) in [5.74, 6) is 0.130. The summed E-state index contributed by atoms with van der Waals surface area (Å²) in [4.78, 5) is 60.6. The molecule has 0 unspecified atom stereocenters. The number of carbonyl (C=O) groups excluding carboxylic acids is 5. The van der Waals surface area contributed by atoms with Gasteiger partial charge in [0.2, 0.25) is 0 Å². The van der Waals surface area contributed by atoms with Crippen molar-refractivity contribution in [2.24, 2.45) is 51.8 Å². The van der Waals surface area contributed by atoms with E-state index in [1.807, 2.05) is 0 Å². The minimum atomic E-state index is -1.36. The molecule has 0 aromatic carbocycles. The first-order chi connectivity index (χ1) is 21.5. The molecule has 4 fully saturated rings. The van der Waals surface area contributed by atoms with Gasteiger partial charge in [-0.25, -0.2) is 0 Å². The molecule has 0 aliphatic heterocycles. The lowest BCUT2D eigenvalue weighted by molar-refractivity contribution is -0.218. The maximum Gasteiger partial charge on any atom is 0.323 e. The Labute approximate surface area is 267 Å². The van der Waals surface area contributed by atoms with Gasteiger partial charge in [-0.15, -0.1) is 0 Å². The predicted octanol–water partition coefficient (Wildman–Crippen LogP) is 5.43. The molecule has 0 bridgehead atoms. The van der Waals surface area contributed by atoms with Crippen molar-refractivity contribution < 1.29 is 47.7 Å². The first-order valence-electron chi connectivity index (χ1n) is 17.1. The highest BCUT2D eigenvalue weighted by Gasteiger charge is 2.67. The smallest absolute Gasteiger partial charge is 0.323 e. The molecule has 11 atom stereocenters. The van der Waals surface area contributed by atoms with Crippen molar-refractivity contribution in [3.05, 3.63) is 0 Å². The topological polar surface area (TPSA) is 132 Å². The first kappa shape index (κ1) is 35.2. The second-order valence-electron chi connectivity index (χ2n) is 14.8. The Kier molecular flexibility index (Phi) is 11.3. The van der Waals surface area contributed by atoms with Crippen LogP contribution in [-0.2, 0) is 47.7 Å². The van der Waals surface area contributed by atoms with E-state index in [2.05, 4.69) is 20.8 Å². The minimum absolute atomic E-state index is 0.0453. The summed E-state index contributed by atoms with van der Waals surface area (Å²) in [7, 11) is 0. The van der Waals surface area contributed by atoms with Crippen LogP contribution in [0, 0.1) is 51.8 Å². The van der Waals surface area contributed by atoms with E-state index in [0.29, 0.717) is 38.7 Å². The third-order valence-corrected chi connectivity index (χ3v) is 12.9. The molecule has 0 radical (unpaired) electrons. The fraction of sp³-hybridized carbons (Fsp3) is 0.857. The van der Waals surface area contributed by atoms with Crippen LogP contribution in [0.25, 0.3) is 0 Å². The molecule has 10 nitrogen and oxygen atoms in total. The quantitative estimate of drug-likeness (QED) is 0.0995. The van der Waals surface area contributed by atoms with E-state index < -0.39 is 17.4 Å². The van der Waals surface area contributed by atoms with E-state index in [1.54, 1.807) is 20.8 Å². The summed E-state index contributed by atoms with van der Waals surface area (Å²) in [6.45, 7) is 14.0. The van der Waals surface area contributed by atoms with Crippen LogP contribution < -0.4 is 0 Å². The van der Waals surface area contributed by atoms with Crippen LogP contribution in [0.2, 0.25) is 0 Å². The molecule has 0 saturated heterocycles. The van der Waals surface area contributed by atoms with Gasteiger partial charge < -0.3 is 23.7 Å². The van der Waals surface area contributed by atoms with Crippen LogP contribution in [0.15, 0.2) is 0 Å². The van der Waals surface area contributed by atoms with Gasteiger partial charge >= 0.3 is 11.9 Å². The molecule has 0 aromatic heterocycles. The Morgan fingerprint density at radius 1 is 0.867 bits per heavy atom. The van der Waals surface area contributed by atoms with Gasteiger partial charge in [0.25, 0.3) is 19.4 Å². The van der Waals surface area contributed by atoms with E-state index in [0.717, 1.165) is 44.9 Å². The van der Waals surface area contributed by atoms with Crippen molar-refractivity contribution >= 4 is 31.4 Å². The second-order valence-corrected chi connectivity index (χ2v) is 14.8. The summed E-state index contributed by atoms with van der Waals surface area (Å²) in [6.07, 6.45) is 6.89. The molecule has 4 aliphatic carbocycles. The fourth-order valence-electron chi connectivity index (χ4n) is 10.6. The predicted molar refractivity (Wildman–Crippen MR) is 163 cm³/mol. The van der Waals surface area contributed by atoms with Gasteiger partial charge in [-0.05, 0) is 107 Å². The zero-order valence-corrected chi connectivity index (χ0v) is 28.0. The maximum atomic E-state index is 12.8. The van der Waals surface area contributed by atoms with Crippen molar-refractivity contribution in [3.63, 3.8) is 0 Å². The molecule has 45 heavy (non-hydrogen) atoms. The van der Waals surface area contributed by atoms with Gasteiger partial charge in [0.15, 0.2) is 5.41 Å². The second kappa shape index (κ2) is 14.4. The fourth-order valence-corrected chi connectivity index (χ4v) is 10.6. The van der Waals surface area contributed by atoms with E-state index in [-0.39, 0.29) is 77.9 Å². The summed E-state index contributed by atoms with van der Waals surface area (Å²) >= 11 is 0. The molecule has 10 heteroatoms. The van der Waals surface area contributed by atoms with Crippen molar-refractivity contribution in [1.29, 1.82) is 0 Å². The van der Waals surface area contributed by atoms with Gasteiger partial charge in [-0.2, -0.15) is 0 Å². The molecule has 0 amide bonds. The summed E-state index contributed by atoms with van der Waals surface area (Å²) in [6, 6.07) is 0. The molecule has 4 aliphatic rings. The highest BCUT2D eigenvalue weighted by molar-refractivity contribution is 5.99. The number of esters is 2. The van der Waals surface area contributed by atoms with Crippen LogP contribution in [0.5, 0.6) is 0 Å². The van der Waals surface area contributed by atoms with Crippen molar-refractivity contribution in [2.75, 3.05) is 13.2 Å². The Hall–Kier alpha value is -2.65. The average molecular weight is 635 g/mol. The van der Waals surface area contributed by atoms with Crippen LogP contribution in [0.4, 0.5) is 0 Å². The normalized spacial score (nSPS) is 37.9. The molecular formula is C35H54O10. The lowest BCUT2D eigenvalue weighted by atomic mass is 9.43. The standard InChI is InChI=1S/C35H54O10/c1-7-41-31(39)34(5,32(40)42-8-2)14-9-10-22(3)25-11-12-26-30-27(18-29(45-21-38)35(25,26)6)33(4)15-13-24(43-19-36)16-23(33)17-28(30)44-20-37/h19-30H,7-18H2,1-6H3/t22-,23+,24-,25-,26+,27+,28-,29+,30+,33+,35-/m1/s1. The summed E-state index contributed by atoms with van der Waals surface area (Å²) < 4.78 is 27.8. The number of hydrogen-bond acceptors (Lipinski definition) is 10. The third-order valence-electron chi connectivity index (χ3n) is 12.9. The van der Waals surface area contributed by atoms with Gasteiger partial charge in [-0.1, -0.05) is 33.6 Å². The molecular weight excluding hydrogens is 580 g/mol. The first-order valence-corrected chi connectivity index (χ1v) is 17.1. The van der Waals surface area contributed by atoms with E-state index >= 15 is 0 Å². The Bertz CT molecular complexity index is 1060. The van der Waals surface area contributed by atoms with Crippen molar-refractivity contribution in [1.82, 2.24) is 0 Å². The lowest BCUT2D eigenvalue weighted by Crippen LogP contribution is -2.63. The molecule has 4 rings (SSSR count). The van der Waals surface area contributed by atoms with Crippen LogP contribution >= 0.6 is 0 Å². The molecule has 0 heterocycles. The van der Waals surface area contributed by atoms with Gasteiger partial charge in [0, 0.05) is 11.3 Å². The summed E-state index contributed by atoms with van der Waals surface area (Å²) in [5, 5.41) is 0. The number of rotatable bonds is 15. The van der Waals surface area contributed by atoms with Crippen molar-refractivity contribution in [2.45, 2.75) is 124 Å². The number of carbonyl (C=O) groups is 5. The largest absolute Gasteiger partial charge is 0.465 e. The summed E-state index contributed by atoms with van der Waals surface area (Å²) in [5.41, 5.74) is -1.73. The monoisotopic (exact) mass is 634 g/mol. The molecule has 0 N–H and O–H groups in total. The SMILES string of the molecule is CCOC(=O)C(C)(CCC[C@@H](C)[C@H]1CC[C@H]2[C@@H]3[C@H](OC=O)C[C@@H]4C[C@H](OC=O)CC[C@]4(C)[C@H]3C[C@H](OC=O)[C@]12C)C(=O)OCC. The molecule has 254 valence electrons. The van der Waals surface area contributed by atoms with E-state index in [9.17, 15) is 24.0 Å². The van der Waals surface area contributed by atoms with Crippen molar-refractivity contribution in [3.8, 4) is 0 Å². The molecule has 4 saturated carbocycles. The van der Waals surface area contributed by atoms with Crippen LogP contribution in [0.1, 0.15) is 106 Å². The van der Waals surface area contributed by atoms with Gasteiger partial charge in [0.1, 0.15) is 18.3 Å².